The van der Waals surface area contributed by atoms with Crippen molar-refractivity contribution in [2.24, 2.45) is 0 Å². The van der Waals surface area contributed by atoms with Gasteiger partial charge in [-0.3, -0.25) is 9.59 Å². The number of nitrogens with one attached hydrogen (secondary N) is 1. The number of aryl methyl sites for hydroxylation is 2. The Balaban J connectivity index is 1.53. The minimum atomic E-state index is -3.75. The number of ether oxygens (including phenoxy) is 1. The molecule has 0 spiro atoms. The molecule has 0 saturated carbocycles. The van der Waals surface area contributed by atoms with Crippen LogP contribution in [0.2, 0.25) is 0 Å². The number of carbonyl (C=O) groups is 2. The van der Waals surface area contributed by atoms with Crippen molar-refractivity contribution in [1.82, 2.24) is 19.7 Å². The highest BCUT2D eigenvalue weighted by Gasteiger charge is 2.35. The molecule has 1 aromatic heterocycles. The van der Waals surface area contributed by atoms with Gasteiger partial charge in [0.1, 0.15) is 22.4 Å². The Kier molecular flexibility index (Phi) is 7.54. The van der Waals surface area contributed by atoms with Crippen molar-refractivity contribution in [3.63, 3.8) is 0 Å². The second-order valence-electron chi connectivity index (χ2n) is 7.72. The van der Waals surface area contributed by atoms with E-state index in [9.17, 15) is 18.0 Å². The molecule has 1 aliphatic rings. The second kappa shape index (κ2) is 10.2. The molecule has 1 aromatic carbocycles. The average Bonchev–Trinajstić information content (AvgIpc) is 3.16. The first-order valence-corrected chi connectivity index (χ1v) is 11.9. The van der Waals surface area contributed by atoms with Crippen molar-refractivity contribution >= 4 is 27.9 Å². The van der Waals surface area contributed by atoms with E-state index in [0.29, 0.717) is 5.69 Å². The normalized spacial score (nSPS) is 16.1. The van der Waals surface area contributed by atoms with Crippen molar-refractivity contribution in [1.29, 1.82) is 0 Å². The standard InChI is InChI=1S/C22H28N4O6S/c1-15-21(17(3)32-24-15)33(29,30)26-13-11-25(12-14-26)22(28)16(2)23-20(27)10-7-18-5-8-19(31-4)9-6-18/h5-10,16H,11-14H2,1-4H3,(H,23,27)/b10-7+/t16-/m0/s1. The van der Waals surface area contributed by atoms with Gasteiger partial charge in [0.25, 0.3) is 0 Å². The van der Waals surface area contributed by atoms with Gasteiger partial charge in [-0.05, 0) is 44.5 Å². The summed E-state index contributed by atoms with van der Waals surface area (Å²) in [5, 5.41) is 6.37. The van der Waals surface area contributed by atoms with E-state index in [2.05, 4.69) is 10.5 Å². The molecule has 0 unspecified atom stereocenters. The molecule has 1 saturated heterocycles. The molecule has 178 valence electrons. The molecular weight excluding hydrogens is 448 g/mol. The molecule has 2 amide bonds. The van der Waals surface area contributed by atoms with Gasteiger partial charge in [-0.2, -0.15) is 4.31 Å². The quantitative estimate of drug-likeness (QED) is 0.599. The van der Waals surface area contributed by atoms with Crippen LogP contribution in [0, 0.1) is 13.8 Å². The summed E-state index contributed by atoms with van der Waals surface area (Å²) in [4.78, 5) is 26.6. The lowest BCUT2D eigenvalue weighted by Gasteiger charge is -2.35. The zero-order valence-electron chi connectivity index (χ0n) is 19.1. The number of piperazine rings is 1. The number of hydrogen-bond donors (Lipinski definition) is 1. The van der Waals surface area contributed by atoms with Crippen LogP contribution in [0.25, 0.3) is 6.08 Å². The van der Waals surface area contributed by atoms with E-state index >= 15 is 0 Å². The molecule has 1 fully saturated rings. The molecule has 3 rings (SSSR count). The Morgan fingerprint density at radius 3 is 2.33 bits per heavy atom. The van der Waals surface area contributed by atoms with Crippen molar-refractivity contribution in [2.45, 2.75) is 31.7 Å². The summed E-state index contributed by atoms with van der Waals surface area (Å²) >= 11 is 0. The van der Waals surface area contributed by atoms with Gasteiger partial charge in [0, 0.05) is 32.3 Å². The zero-order valence-corrected chi connectivity index (χ0v) is 19.9. The van der Waals surface area contributed by atoms with E-state index in [4.69, 9.17) is 9.26 Å². The number of amides is 2. The first-order chi connectivity index (χ1) is 15.6. The van der Waals surface area contributed by atoms with Crippen molar-refractivity contribution in [3.8, 4) is 5.75 Å². The Hall–Kier alpha value is -3.18. The van der Waals surface area contributed by atoms with Crippen LogP contribution >= 0.6 is 0 Å². The van der Waals surface area contributed by atoms with Crippen LogP contribution in [0.1, 0.15) is 23.9 Å². The average molecular weight is 477 g/mol. The number of methoxy groups -OCH3 is 1. The summed E-state index contributed by atoms with van der Waals surface area (Å²) in [6, 6.07) is 6.45. The van der Waals surface area contributed by atoms with Gasteiger partial charge in [-0.15, -0.1) is 0 Å². The van der Waals surface area contributed by atoms with Crippen LogP contribution in [-0.2, 0) is 19.6 Å². The van der Waals surface area contributed by atoms with Gasteiger partial charge in [0.05, 0.1) is 7.11 Å². The number of aromatic nitrogens is 1. The largest absolute Gasteiger partial charge is 0.497 e. The maximum atomic E-state index is 12.9. The summed E-state index contributed by atoms with van der Waals surface area (Å²) in [6.07, 6.45) is 3.00. The van der Waals surface area contributed by atoms with E-state index in [1.807, 2.05) is 12.1 Å². The smallest absolute Gasteiger partial charge is 0.248 e. The molecule has 1 atom stereocenters. The van der Waals surface area contributed by atoms with Gasteiger partial charge >= 0.3 is 0 Å². The predicted molar refractivity (Wildman–Crippen MR) is 121 cm³/mol. The lowest BCUT2D eigenvalue weighted by atomic mass is 10.2. The lowest BCUT2D eigenvalue weighted by Crippen LogP contribution is -2.55. The predicted octanol–water partition coefficient (Wildman–Crippen LogP) is 1.35. The minimum absolute atomic E-state index is 0.0755. The Morgan fingerprint density at radius 2 is 1.79 bits per heavy atom. The number of sulfonamides is 1. The number of nitrogens with zero attached hydrogens (tertiary/aromatic N) is 3. The van der Waals surface area contributed by atoms with Gasteiger partial charge in [-0.25, -0.2) is 8.42 Å². The van der Waals surface area contributed by atoms with E-state index in [1.165, 1.54) is 10.4 Å². The van der Waals surface area contributed by atoms with Gasteiger partial charge in [0.2, 0.25) is 21.8 Å². The second-order valence-corrected chi connectivity index (χ2v) is 9.59. The molecule has 2 aromatic rings. The van der Waals surface area contributed by atoms with Crippen molar-refractivity contribution in [2.75, 3.05) is 33.3 Å². The molecule has 2 heterocycles. The van der Waals surface area contributed by atoms with E-state index in [-0.39, 0.29) is 42.7 Å². The van der Waals surface area contributed by atoms with Gasteiger partial charge < -0.3 is 19.5 Å². The fourth-order valence-electron chi connectivity index (χ4n) is 3.60. The fraction of sp³-hybridized carbons (Fsp3) is 0.409. The minimum Gasteiger partial charge on any atom is -0.497 e. The SMILES string of the molecule is COc1ccc(/C=C/C(=O)N[C@@H](C)C(=O)N2CCN(S(=O)(=O)c3c(C)noc3C)CC2)cc1. The first-order valence-electron chi connectivity index (χ1n) is 10.5. The summed E-state index contributed by atoms with van der Waals surface area (Å²) in [5.74, 6) is 0.294. The molecule has 33 heavy (non-hydrogen) atoms. The molecule has 0 aliphatic carbocycles. The molecule has 10 nitrogen and oxygen atoms in total. The van der Waals surface area contributed by atoms with Crippen molar-refractivity contribution < 1.29 is 27.3 Å². The maximum Gasteiger partial charge on any atom is 0.248 e. The molecule has 0 bridgehead atoms. The number of carbonyl (C=O) groups excluding carboxylic acids is 2. The topological polar surface area (TPSA) is 122 Å². The van der Waals surface area contributed by atoms with Crippen LogP contribution < -0.4 is 10.1 Å². The van der Waals surface area contributed by atoms with Crippen LogP contribution in [-0.4, -0.2) is 73.9 Å². The van der Waals surface area contributed by atoms with Crippen LogP contribution in [0.5, 0.6) is 5.75 Å². The highest BCUT2D eigenvalue weighted by atomic mass is 32.2. The first kappa shape index (κ1) is 24.5. The third kappa shape index (κ3) is 5.60. The van der Waals surface area contributed by atoms with Crippen LogP contribution in [0.15, 0.2) is 39.8 Å². The molecule has 1 aliphatic heterocycles. The molecular formula is C22H28N4O6S. The van der Waals surface area contributed by atoms with E-state index in [1.54, 1.807) is 51.0 Å². The fourth-order valence-corrected chi connectivity index (χ4v) is 5.32. The van der Waals surface area contributed by atoms with Crippen molar-refractivity contribution in [3.05, 3.63) is 47.4 Å². The Bertz CT molecular complexity index is 1110. The molecule has 11 heteroatoms. The maximum absolute atomic E-state index is 12.9. The van der Waals surface area contributed by atoms with Crippen LogP contribution in [0.3, 0.4) is 0 Å². The molecule has 0 radical (unpaired) electrons. The molecule has 1 N–H and O–H groups in total. The number of benzene rings is 1. The Labute approximate surface area is 193 Å². The van der Waals surface area contributed by atoms with E-state index < -0.39 is 22.0 Å². The lowest BCUT2D eigenvalue weighted by molar-refractivity contribution is -0.136. The highest BCUT2D eigenvalue weighted by Crippen LogP contribution is 2.24. The highest BCUT2D eigenvalue weighted by molar-refractivity contribution is 7.89. The third-order valence-electron chi connectivity index (χ3n) is 5.39. The third-order valence-corrected chi connectivity index (χ3v) is 7.53. The van der Waals surface area contributed by atoms with E-state index in [0.717, 1.165) is 11.3 Å². The van der Waals surface area contributed by atoms with Gasteiger partial charge in [-0.1, -0.05) is 17.3 Å². The summed E-state index contributed by atoms with van der Waals surface area (Å²) in [7, 11) is -2.18. The summed E-state index contributed by atoms with van der Waals surface area (Å²) in [6.45, 7) is 5.49. The number of hydrogen-bond acceptors (Lipinski definition) is 7. The monoisotopic (exact) mass is 476 g/mol. The summed E-state index contributed by atoms with van der Waals surface area (Å²) < 4.78 is 37.3. The van der Waals surface area contributed by atoms with Gasteiger partial charge in [0.15, 0.2) is 5.76 Å². The van der Waals surface area contributed by atoms with Crippen LogP contribution in [0.4, 0.5) is 0 Å². The zero-order chi connectivity index (χ0) is 24.2. The number of rotatable bonds is 7. The Morgan fingerprint density at radius 1 is 1.15 bits per heavy atom. The summed E-state index contributed by atoms with van der Waals surface area (Å²) in [5.41, 5.74) is 1.13.